The van der Waals surface area contributed by atoms with Crippen molar-refractivity contribution < 1.29 is 9.15 Å². The Morgan fingerprint density at radius 2 is 1.24 bits per heavy atom. The van der Waals surface area contributed by atoms with Gasteiger partial charge in [0.25, 0.3) is 0 Å². The Balaban J connectivity index is 1.11. The predicted molar refractivity (Wildman–Crippen MR) is 261 cm³/mol. The maximum Gasteiger partial charge on any atom is 0.178 e. The molecule has 0 amide bonds. The van der Waals surface area contributed by atoms with E-state index in [2.05, 4.69) is 202 Å². The number of hydrogen-bond donors (Lipinski definition) is 0. The highest BCUT2D eigenvalue weighted by molar-refractivity contribution is 6.28. The summed E-state index contributed by atoms with van der Waals surface area (Å²) in [7, 11) is 0. The van der Waals surface area contributed by atoms with E-state index in [0.717, 1.165) is 72.2 Å². The Bertz CT molecular complexity index is 3400. The van der Waals surface area contributed by atoms with E-state index in [0.29, 0.717) is 23.8 Å². The zero-order chi connectivity index (χ0) is 43.0. The van der Waals surface area contributed by atoms with Gasteiger partial charge in [0.1, 0.15) is 23.8 Å². The van der Waals surface area contributed by atoms with Crippen LogP contribution in [0.2, 0.25) is 0 Å². The molecule has 6 nitrogen and oxygen atoms in total. The molecule has 0 radical (unpaired) electrons. The van der Waals surface area contributed by atoms with Gasteiger partial charge in [0.2, 0.25) is 0 Å². The Morgan fingerprint density at radius 3 is 1.95 bits per heavy atom. The van der Waals surface area contributed by atoms with Gasteiger partial charge in [-0.2, -0.15) is 0 Å². The second kappa shape index (κ2) is 14.8. The summed E-state index contributed by atoms with van der Waals surface area (Å²) >= 11 is 0. The average molecular weight is 821 g/mol. The summed E-state index contributed by atoms with van der Waals surface area (Å²) in [5.74, 6) is 2.21. The summed E-state index contributed by atoms with van der Waals surface area (Å²) in [5, 5.41) is 4.31. The van der Waals surface area contributed by atoms with Crippen LogP contribution in [0.15, 0.2) is 174 Å². The van der Waals surface area contributed by atoms with Gasteiger partial charge >= 0.3 is 0 Å². The minimum atomic E-state index is -0.0502. The van der Waals surface area contributed by atoms with Gasteiger partial charge in [0.05, 0.1) is 22.4 Å². The molecule has 6 heteroatoms. The third-order valence-corrected chi connectivity index (χ3v) is 12.5. The number of hydrogen-bond acceptors (Lipinski definition) is 5. The standard InChI is InChI=1S/C57H48N4O2/c1-36-30-37(2)53(38(3)31-36)60-35-59(54(39-18-9-7-10-19-39)55(60)40-20-11-8-12-21-40)42-22-17-23-43(33-42)62-49-34-47-51(52-45-25-14-16-27-48(45)63-56(49)52)44-24-13-15-26-46(44)61(47)50-32-41(28-29-58-50)57(4,5)6/h7-34H,35H2,1-6H3. The van der Waals surface area contributed by atoms with Crippen LogP contribution < -0.4 is 14.5 Å². The molecule has 7 aromatic carbocycles. The summed E-state index contributed by atoms with van der Waals surface area (Å²) < 4.78 is 16.2. The van der Waals surface area contributed by atoms with E-state index in [-0.39, 0.29) is 5.41 Å². The number of aromatic nitrogens is 2. The highest BCUT2D eigenvalue weighted by Gasteiger charge is 2.34. The molecule has 0 N–H and O–H groups in total. The summed E-state index contributed by atoms with van der Waals surface area (Å²) in [5.41, 5.74) is 15.3. The molecular weight excluding hydrogens is 773 g/mol. The lowest BCUT2D eigenvalue weighted by atomic mass is 9.88. The molecule has 4 heterocycles. The molecule has 0 saturated heterocycles. The number of nitrogens with zero attached hydrogens (tertiary/aromatic N) is 4. The van der Waals surface area contributed by atoms with Crippen LogP contribution in [0, 0.1) is 20.8 Å². The lowest BCUT2D eigenvalue weighted by Gasteiger charge is -2.28. The van der Waals surface area contributed by atoms with E-state index in [1.165, 1.54) is 27.9 Å². The number of pyridine rings is 1. The van der Waals surface area contributed by atoms with Gasteiger partial charge in [-0.15, -0.1) is 0 Å². The molecule has 0 fully saturated rings. The molecule has 11 rings (SSSR count). The van der Waals surface area contributed by atoms with Crippen molar-refractivity contribution in [1.29, 1.82) is 0 Å². The monoisotopic (exact) mass is 820 g/mol. The molecular formula is C57H48N4O2. The Kier molecular flexibility index (Phi) is 9.02. The van der Waals surface area contributed by atoms with E-state index in [1.54, 1.807) is 0 Å². The molecule has 0 aliphatic carbocycles. The number of ether oxygens (including phenoxy) is 1. The van der Waals surface area contributed by atoms with E-state index < -0.39 is 0 Å². The molecule has 0 bridgehead atoms. The van der Waals surface area contributed by atoms with Crippen LogP contribution in [0.1, 0.15) is 54.2 Å². The second-order valence-corrected chi connectivity index (χ2v) is 17.8. The molecule has 0 atom stereocenters. The van der Waals surface area contributed by atoms with Gasteiger partial charge in [-0.25, -0.2) is 4.98 Å². The number of aryl methyl sites for hydroxylation is 3. The van der Waals surface area contributed by atoms with Crippen molar-refractivity contribution >= 4 is 66.5 Å². The topological polar surface area (TPSA) is 46.7 Å². The number of anilines is 2. The molecule has 1 aliphatic heterocycles. The van der Waals surface area contributed by atoms with Crippen LogP contribution in [0.3, 0.4) is 0 Å². The fourth-order valence-corrected chi connectivity index (χ4v) is 9.79. The number of rotatable bonds is 7. The first kappa shape index (κ1) is 38.4. The van der Waals surface area contributed by atoms with Crippen molar-refractivity contribution in [3.8, 4) is 17.3 Å². The first-order valence-electron chi connectivity index (χ1n) is 21.7. The third-order valence-electron chi connectivity index (χ3n) is 12.5. The van der Waals surface area contributed by atoms with Gasteiger partial charge in [0.15, 0.2) is 11.3 Å². The predicted octanol–water partition coefficient (Wildman–Crippen LogP) is 14.9. The molecule has 0 unspecified atom stereocenters. The van der Waals surface area contributed by atoms with Gasteiger partial charge in [0, 0.05) is 62.4 Å². The largest absolute Gasteiger partial charge is 0.453 e. The zero-order valence-electron chi connectivity index (χ0n) is 36.5. The second-order valence-electron chi connectivity index (χ2n) is 17.8. The summed E-state index contributed by atoms with van der Waals surface area (Å²) in [6, 6.07) is 57.9. The lowest BCUT2D eigenvalue weighted by molar-refractivity contribution is 0.477. The molecule has 308 valence electrons. The van der Waals surface area contributed by atoms with Crippen LogP contribution in [0.25, 0.3) is 61.0 Å². The van der Waals surface area contributed by atoms with Crippen LogP contribution in [-0.4, -0.2) is 16.2 Å². The van der Waals surface area contributed by atoms with E-state index in [4.69, 9.17) is 14.1 Å². The summed E-state index contributed by atoms with van der Waals surface area (Å²) in [6.45, 7) is 14.0. The Labute approximate surface area is 367 Å². The summed E-state index contributed by atoms with van der Waals surface area (Å²) in [6.07, 6.45) is 1.92. The van der Waals surface area contributed by atoms with Crippen LogP contribution >= 0.6 is 0 Å². The maximum absolute atomic E-state index is 7.13. The minimum Gasteiger partial charge on any atom is -0.453 e. The first-order chi connectivity index (χ1) is 30.6. The normalized spacial score (nSPS) is 13.4. The maximum atomic E-state index is 7.13. The quantitative estimate of drug-likeness (QED) is 0.160. The molecule has 0 spiro atoms. The van der Waals surface area contributed by atoms with Gasteiger partial charge < -0.3 is 19.0 Å². The molecule has 3 aromatic heterocycles. The van der Waals surface area contributed by atoms with E-state index in [1.807, 2.05) is 24.4 Å². The van der Waals surface area contributed by atoms with Crippen molar-refractivity contribution in [3.05, 3.63) is 203 Å². The lowest BCUT2D eigenvalue weighted by Crippen LogP contribution is -2.28. The number of fused-ring (bicyclic) bond motifs is 7. The highest BCUT2D eigenvalue weighted by atomic mass is 16.5. The third kappa shape index (κ3) is 6.44. The van der Waals surface area contributed by atoms with E-state index in [9.17, 15) is 0 Å². The molecule has 10 aromatic rings. The highest BCUT2D eigenvalue weighted by Crippen LogP contribution is 2.48. The van der Waals surface area contributed by atoms with Crippen molar-refractivity contribution in [2.45, 2.75) is 47.0 Å². The molecule has 1 aliphatic rings. The molecule has 0 saturated carbocycles. The van der Waals surface area contributed by atoms with Gasteiger partial charge in [-0.3, -0.25) is 4.57 Å². The van der Waals surface area contributed by atoms with Crippen molar-refractivity contribution in [2.24, 2.45) is 0 Å². The van der Waals surface area contributed by atoms with Gasteiger partial charge in [-0.1, -0.05) is 142 Å². The van der Waals surface area contributed by atoms with Crippen LogP contribution in [-0.2, 0) is 5.41 Å². The number of para-hydroxylation sites is 2. The summed E-state index contributed by atoms with van der Waals surface area (Å²) in [4.78, 5) is 9.90. The average Bonchev–Trinajstić information content (AvgIpc) is 3.97. The fraction of sp³-hybridized carbons (Fsp3) is 0.140. The first-order valence-corrected chi connectivity index (χ1v) is 21.7. The zero-order valence-corrected chi connectivity index (χ0v) is 36.5. The fourth-order valence-electron chi connectivity index (χ4n) is 9.79. The van der Waals surface area contributed by atoms with Crippen LogP contribution in [0.5, 0.6) is 11.5 Å². The minimum absolute atomic E-state index is 0.0502. The smallest absolute Gasteiger partial charge is 0.178 e. The Morgan fingerprint density at radius 1 is 0.587 bits per heavy atom. The SMILES string of the molecule is Cc1cc(C)c(N2CN(c3cccc(Oc4cc5c(c6ccccc6n5-c5cc(C(C)(C)C)ccn5)c5c4oc4ccccc45)c3)C(c3ccccc3)=C2c2ccccc2)c(C)c1. The Hall–Kier alpha value is -7.57. The van der Waals surface area contributed by atoms with E-state index >= 15 is 0 Å². The molecule has 63 heavy (non-hydrogen) atoms. The van der Waals surface area contributed by atoms with Crippen molar-refractivity contribution in [1.82, 2.24) is 9.55 Å². The van der Waals surface area contributed by atoms with Crippen molar-refractivity contribution in [2.75, 3.05) is 16.5 Å². The van der Waals surface area contributed by atoms with Crippen molar-refractivity contribution in [3.63, 3.8) is 0 Å². The van der Waals surface area contributed by atoms with Crippen LogP contribution in [0.4, 0.5) is 11.4 Å². The number of benzene rings is 7. The van der Waals surface area contributed by atoms with Gasteiger partial charge in [-0.05, 0) is 79.3 Å². The number of furan rings is 1.